The first-order valence-corrected chi connectivity index (χ1v) is 8.29. The molecule has 1 aromatic rings. The molecule has 2 rings (SSSR count). The van der Waals surface area contributed by atoms with Crippen molar-refractivity contribution in [2.75, 3.05) is 71.7 Å². The Morgan fingerprint density at radius 1 is 1.05 bits per heavy atom. The fourth-order valence-corrected chi connectivity index (χ4v) is 2.56. The minimum atomic E-state index is 0.739. The third kappa shape index (κ3) is 5.83. The lowest BCUT2D eigenvalue weighted by atomic mass is 10.3. The van der Waals surface area contributed by atoms with E-state index in [0.717, 1.165) is 50.8 Å². The molecule has 1 fully saturated rings. The maximum Gasteiger partial charge on any atom is 0.119 e. The zero-order chi connectivity index (χ0) is 15.8. The van der Waals surface area contributed by atoms with Gasteiger partial charge in [-0.15, -0.1) is 0 Å². The van der Waals surface area contributed by atoms with E-state index in [1.54, 1.807) is 0 Å². The van der Waals surface area contributed by atoms with Crippen molar-refractivity contribution in [2.45, 2.75) is 6.92 Å². The summed E-state index contributed by atoms with van der Waals surface area (Å²) < 4.78 is 5.77. The van der Waals surface area contributed by atoms with E-state index < -0.39 is 0 Å². The van der Waals surface area contributed by atoms with Crippen LogP contribution in [0.5, 0.6) is 5.75 Å². The monoisotopic (exact) mass is 306 g/mol. The Kier molecular flexibility index (Phi) is 6.96. The summed E-state index contributed by atoms with van der Waals surface area (Å²) in [5, 5.41) is 0. The van der Waals surface area contributed by atoms with Crippen molar-refractivity contribution in [1.29, 1.82) is 0 Å². The highest BCUT2D eigenvalue weighted by atomic mass is 16.5. The smallest absolute Gasteiger partial charge is 0.119 e. The molecule has 1 heterocycles. The maximum atomic E-state index is 5.77. The van der Waals surface area contributed by atoms with Gasteiger partial charge in [-0.3, -0.25) is 9.80 Å². The topological polar surface area (TPSA) is 45.0 Å². The van der Waals surface area contributed by atoms with Crippen LogP contribution in [0, 0.1) is 0 Å². The summed E-state index contributed by atoms with van der Waals surface area (Å²) in [6, 6.07) is 7.61. The lowest BCUT2D eigenvalue weighted by Crippen LogP contribution is -2.49. The van der Waals surface area contributed by atoms with E-state index in [0.29, 0.717) is 0 Å². The number of rotatable bonds is 8. The largest absolute Gasteiger partial charge is 0.492 e. The molecule has 124 valence electrons. The van der Waals surface area contributed by atoms with Crippen LogP contribution in [0.4, 0.5) is 5.69 Å². The van der Waals surface area contributed by atoms with Crippen molar-refractivity contribution in [3.8, 4) is 5.75 Å². The highest BCUT2D eigenvalue weighted by Crippen LogP contribution is 2.13. The summed E-state index contributed by atoms with van der Waals surface area (Å²) in [6.45, 7) is 12.0. The van der Waals surface area contributed by atoms with Gasteiger partial charge >= 0.3 is 0 Å². The van der Waals surface area contributed by atoms with Gasteiger partial charge in [0.25, 0.3) is 0 Å². The molecule has 0 spiro atoms. The summed E-state index contributed by atoms with van der Waals surface area (Å²) in [4.78, 5) is 7.41. The Bertz CT molecular complexity index is 415. The Hall–Kier alpha value is -1.30. The van der Waals surface area contributed by atoms with Crippen LogP contribution in [0.15, 0.2) is 24.3 Å². The van der Waals surface area contributed by atoms with Gasteiger partial charge in [-0.2, -0.15) is 0 Å². The molecule has 0 amide bonds. The number of nitrogens with zero attached hydrogens (tertiary/aromatic N) is 3. The van der Waals surface area contributed by atoms with Gasteiger partial charge in [-0.05, 0) is 37.9 Å². The van der Waals surface area contributed by atoms with Crippen molar-refractivity contribution in [2.24, 2.45) is 0 Å². The zero-order valence-corrected chi connectivity index (χ0v) is 14.0. The molecular weight excluding hydrogens is 276 g/mol. The number of nitrogen functional groups attached to an aromatic ring is 1. The number of benzene rings is 1. The predicted molar refractivity (Wildman–Crippen MR) is 92.4 cm³/mol. The summed E-state index contributed by atoms with van der Waals surface area (Å²) >= 11 is 0. The molecule has 1 aromatic carbocycles. The summed E-state index contributed by atoms with van der Waals surface area (Å²) in [7, 11) is 2.19. The van der Waals surface area contributed by atoms with Crippen LogP contribution in [0.1, 0.15) is 6.92 Å². The standard InChI is InChI=1S/C17H30N4O/c1-3-19(2)8-9-20-10-12-21(13-11-20)14-15-22-17-6-4-16(18)5-7-17/h4-7H,3,8-15,18H2,1-2H3. The second-order valence-corrected chi connectivity index (χ2v) is 6.00. The van der Waals surface area contributed by atoms with Crippen molar-refractivity contribution in [3.05, 3.63) is 24.3 Å². The molecule has 2 N–H and O–H groups in total. The van der Waals surface area contributed by atoms with Crippen LogP contribution in [-0.4, -0.2) is 80.7 Å². The minimum Gasteiger partial charge on any atom is -0.492 e. The van der Waals surface area contributed by atoms with E-state index in [9.17, 15) is 0 Å². The number of piperazine rings is 1. The molecule has 0 atom stereocenters. The van der Waals surface area contributed by atoms with Crippen LogP contribution < -0.4 is 10.5 Å². The average molecular weight is 306 g/mol. The molecule has 0 bridgehead atoms. The molecule has 1 aliphatic rings. The average Bonchev–Trinajstić information content (AvgIpc) is 2.55. The molecule has 0 aliphatic carbocycles. The molecule has 5 heteroatoms. The Labute approximate surface area is 134 Å². The first-order valence-electron chi connectivity index (χ1n) is 8.29. The van der Waals surface area contributed by atoms with Crippen molar-refractivity contribution in [1.82, 2.24) is 14.7 Å². The Morgan fingerprint density at radius 2 is 1.64 bits per heavy atom. The van der Waals surface area contributed by atoms with E-state index in [2.05, 4.69) is 28.7 Å². The maximum absolute atomic E-state index is 5.77. The van der Waals surface area contributed by atoms with Gasteiger partial charge in [-0.25, -0.2) is 0 Å². The molecular formula is C17H30N4O. The van der Waals surface area contributed by atoms with Crippen molar-refractivity contribution < 1.29 is 4.74 Å². The van der Waals surface area contributed by atoms with E-state index in [1.807, 2.05) is 24.3 Å². The summed E-state index contributed by atoms with van der Waals surface area (Å²) in [6.07, 6.45) is 0. The summed E-state index contributed by atoms with van der Waals surface area (Å²) in [5.74, 6) is 0.899. The van der Waals surface area contributed by atoms with E-state index in [-0.39, 0.29) is 0 Å². The van der Waals surface area contributed by atoms with Gasteiger partial charge < -0.3 is 15.4 Å². The van der Waals surface area contributed by atoms with E-state index >= 15 is 0 Å². The highest BCUT2D eigenvalue weighted by Gasteiger charge is 2.16. The predicted octanol–water partition coefficient (Wildman–Crippen LogP) is 1.22. The van der Waals surface area contributed by atoms with Crippen LogP contribution in [0.2, 0.25) is 0 Å². The van der Waals surface area contributed by atoms with E-state index in [1.165, 1.54) is 19.6 Å². The minimum absolute atomic E-state index is 0.739. The third-order valence-corrected chi connectivity index (χ3v) is 4.36. The molecule has 0 radical (unpaired) electrons. The quantitative estimate of drug-likeness (QED) is 0.732. The van der Waals surface area contributed by atoms with Gasteiger partial charge in [0, 0.05) is 51.5 Å². The number of hydrogen-bond donors (Lipinski definition) is 1. The van der Waals surface area contributed by atoms with Crippen LogP contribution in [0.3, 0.4) is 0 Å². The fraction of sp³-hybridized carbons (Fsp3) is 0.647. The second kappa shape index (κ2) is 8.98. The van der Waals surface area contributed by atoms with Gasteiger partial charge in [0.15, 0.2) is 0 Å². The van der Waals surface area contributed by atoms with Crippen molar-refractivity contribution >= 4 is 5.69 Å². The Morgan fingerprint density at radius 3 is 2.23 bits per heavy atom. The zero-order valence-electron chi connectivity index (χ0n) is 14.0. The Balaban J connectivity index is 1.58. The van der Waals surface area contributed by atoms with Gasteiger partial charge in [0.1, 0.15) is 12.4 Å². The number of likely N-dealkylation sites (N-methyl/N-ethyl adjacent to an activating group) is 1. The first kappa shape index (κ1) is 17.1. The third-order valence-electron chi connectivity index (χ3n) is 4.36. The SMILES string of the molecule is CCN(C)CCN1CCN(CCOc2ccc(N)cc2)CC1. The van der Waals surface area contributed by atoms with Crippen LogP contribution >= 0.6 is 0 Å². The highest BCUT2D eigenvalue weighted by molar-refractivity contribution is 5.41. The number of hydrogen-bond acceptors (Lipinski definition) is 5. The van der Waals surface area contributed by atoms with Crippen LogP contribution in [0.25, 0.3) is 0 Å². The molecule has 5 nitrogen and oxygen atoms in total. The number of nitrogens with two attached hydrogens (primary N) is 1. The molecule has 1 saturated heterocycles. The lowest BCUT2D eigenvalue weighted by Gasteiger charge is -2.35. The molecule has 0 saturated carbocycles. The second-order valence-electron chi connectivity index (χ2n) is 6.00. The van der Waals surface area contributed by atoms with Crippen molar-refractivity contribution in [3.63, 3.8) is 0 Å². The molecule has 22 heavy (non-hydrogen) atoms. The molecule has 0 aromatic heterocycles. The van der Waals surface area contributed by atoms with Crippen LogP contribution in [-0.2, 0) is 0 Å². The fourth-order valence-electron chi connectivity index (χ4n) is 2.56. The molecule has 1 aliphatic heterocycles. The van der Waals surface area contributed by atoms with Gasteiger partial charge in [0.2, 0.25) is 0 Å². The molecule has 0 unspecified atom stereocenters. The normalized spacial score (nSPS) is 17.0. The number of anilines is 1. The summed E-state index contributed by atoms with van der Waals surface area (Å²) in [5.41, 5.74) is 6.44. The first-order chi connectivity index (χ1) is 10.7. The van der Waals surface area contributed by atoms with Gasteiger partial charge in [-0.1, -0.05) is 6.92 Å². The van der Waals surface area contributed by atoms with Gasteiger partial charge in [0.05, 0.1) is 0 Å². The lowest BCUT2D eigenvalue weighted by molar-refractivity contribution is 0.110. The van der Waals surface area contributed by atoms with E-state index in [4.69, 9.17) is 10.5 Å². The number of ether oxygens (including phenoxy) is 1.